The Balaban J connectivity index is 1.32. The highest BCUT2D eigenvalue weighted by Crippen LogP contribution is 2.29. The highest BCUT2D eigenvalue weighted by atomic mass is 32.2. The summed E-state index contributed by atoms with van der Waals surface area (Å²) in [5, 5.41) is 9.38. The van der Waals surface area contributed by atoms with E-state index >= 15 is 0 Å². The Morgan fingerprint density at radius 1 is 1.03 bits per heavy atom. The Kier molecular flexibility index (Phi) is 6.99. The smallest absolute Gasteiger partial charge is 0.252 e. The molecular formula is C22H21N3OS4. The van der Waals surface area contributed by atoms with E-state index in [0.29, 0.717) is 6.54 Å². The van der Waals surface area contributed by atoms with Gasteiger partial charge in [0.15, 0.2) is 0 Å². The maximum Gasteiger partial charge on any atom is 0.252 e. The van der Waals surface area contributed by atoms with Crippen LogP contribution in [-0.2, 0) is 12.2 Å². The van der Waals surface area contributed by atoms with Gasteiger partial charge in [-0.3, -0.25) is 4.79 Å². The van der Waals surface area contributed by atoms with Crippen LogP contribution < -0.4 is 5.32 Å². The summed E-state index contributed by atoms with van der Waals surface area (Å²) in [6.45, 7) is 4.64. The molecule has 4 rings (SSSR count). The number of thiophene rings is 1. The van der Waals surface area contributed by atoms with Gasteiger partial charge in [0.1, 0.15) is 0 Å². The molecule has 0 radical (unpaired) electrons. The molecule has 30 heavy (non-hydrogen) atoms. The number of amides is 1. The molecule has 0 fully saturated rings. The monoisotopic (exact) mass is 471 g/mol. The minimum atomic E-state index is -0.0283. The number of aromatic nitrogens is 2. The van der Waals surface area contributed by atoms with Crippen molar-refractivity contribution in [3.63, 3.8) is 0 Å². The molecular weight excluding hydrogens is 451 g/mol. The van der Waals surface area contributed by atoms with E-state index in [1.807, 2.05) is 38.1 Å². The summed E-state index contributed by atoms with van der Waals surface area (Å²) in [6, 6.07) is 12.0. The van der Waals surface area contributed by atoms with Gasteiger partial charge in [-0.25, -0.2) is 9.97 Å². The van der Waals surface area contributed by atoms with Gasteiger partial charge in [0.05, 0.1) is 31.8 Å². The fourth-order valence-corrected chi connectivity index (χ4v) is 6.24. The number of thiazole rings is 2. The van der Waals surface area contributed by atoms with Gasteiger partial charge in [-0.05, 0) is 44.5 Å². The second-order valence-electron chi connectivity index (χ2n) is 6.67. The van der Waals surface area contributed by atoms with Crippen molar-refractivity contribution in [2.24, 2.45) is 0 Å². The lowest BCUT2D eigenvalue weighted by Crippen LogP contribution is -2.26. The van der Waals surface area contributed by atoms with Crippen LogP contribution in [0, 0.1) is 13.8 Å². The zero-order chi connectivity index (χ0) is 20.9. The molecule has 8 heteroatoms. The molecule has 0 aliphatic carbocycles. The molecule has 3 aromatic heterocycles. The van der Waals surface area contributed by atoms with E-state index < -0.39 is 0 Å². The molecule has 1 N–H and O–H groups in total. The minimum absolute atomic E-state index is 0.0283. The Bertz CT molecular complexity index is 1140. The first-order chi connectivity index (χ1) is 14.6. The van der Waals surface area contributed by atoms with E-state index in [4.69, 9.17) is 0 Å². The molecule has 4 nitrogen and oxygen atoms in total. The van der Waals surface area contributed by atoms with Gasteiger partial charge in [0.25, 0.3) is 5.91 Å². The van der Waals surface area contributed by atoms with E-state index in [0.717, 1.165) is 44.0 Å². The maximum absolute atomic E-state index is 12.8. The SMILES string of the molecule is Cc1nc(CSc2ccccc2C(=O)NCCc2ccc(-c3csc(C)n3)s2)cs1. The number of hydrogen-bond acceptors (Lipinski definition) is 7. The van der Waals surface area contributed by atoms with Crippen molar-refractivity contribution in [3.8, 4) is 10.6 Å². The van der Waals surface area contributed by atoms with E-state index in [2.05, 4.69) is 38.2 Å². The molecule has 3 heterocycles. The molecule has 0 spiro atoms. The topological polar surface area (TPSA) is 54.9 Å². The van der Waals surface area contributed by atoms with Gasteiger partial charge in [-0.2, -0.15) is 0 Å². The summed E-state index contributed by atoms with van der Waals surface area (Å²) in [7, 11) is 0. The van der Waals surface area contributed by atoms with Crippen molar-refractivity contribution < 1.29 is 4.79 Å². The molecule has 0 aliphatic rings. The maximum atomic E-state index is 12.8. The molecule has 0 saturated heterocycles. The van der Waals surface area contributed by atoms with Crippen LogP contribution in [0.5, 0.6) is 0 Å². The predicted octanol–water partition coefficient (Wildman–Crippen LogP) is 6.21. The molecule has 0 bridgehead atoms. The van der Waals surface area contributed by atoms with Crippen LogP contribution in [0.15, 0.2) is 52.1 Å². The fraction of sp³-hybridized carbons (Fsp3) is 0.227. The third-order valence-electron chi connectivity index (χ3n) is 4.36. The number of nitrogens with one attached hydrogen (secondary N) is 1. The highest BCUT2D eigenvalue weighted by Gasteiger charge is 2.12. The number of benzene rings is 1. The molecule has 1 aromatic carbocycles. The zero-order valence-corrected chi connectivity index (χ0v) is 19.9. The van der Waals surface area contributed by atoms with Gasteiger partial charge < -0.3 is 5.32 Å². The van der Waals surface area contributed by atoms with Crippen molar-refractivity contribution in [2.45, 2.75) is 30.9 Å². The normalized spacial score (nSPS) is 11.0. The van der Waals surface area contributed by atoms with E-state index in [1.165, 1.54) is 9.75 Å². The average Bonchev–Trinajstić information content (AvgIpc) is 3.48. The molecule has 0 atom stereocenters. The second-order valence-corrected chi connectivity index (χ2v) is 11.0. The zero-order valence-electron chi connectivity index (χ0n) is 16.7. The van der Waals surface area contributed by atoms with Crippen molar-refractivity contribution in [1.29, 1.82) is 0 Å². The van der Waals surface area contributed by atoms with E-state index in [-0.39, 0.29) is 5.91 Å². The predicted molar refractivity (Wildman–Crippen MR) is 129 cm³/mol. The molecule has 0 unspecified atom stereocenters. The van der Waals surface area contributed by atoms with Crippen molar-refractivity contribution in [1.82, 2.24) is 15.3 Å². The van der Waals surface area contributed by atoms with Crippen molar-refractivity contribution in [2.75, 3.05) is 6.54 Å². The highest BCUT2D eigenvalue weighted by molar-refractivity contribution is 7.98. The van der Waals surface area contributed by atoms with Crippen LogP contribution >= 0.6 is 45.8 Å². The first-order valence-corrected chi connectivity index (χ1v) is 13.1. The lowest BCUT2D eigenvalue weighted by atomic mass is 10.2. The third kappa shape index (κ3) is 5.37. The van der Waals surface area contributed by atoms with Crippen LogP contribution in [0.3, 0.4) is 0 Å². The first kappa shape index (κ1) is 21.2. The summed E-state index contributed by atoms with van der Waals surface area (Å²) in [4.78, 5) is 25.2. The number of hydrogen-bond donors (Lipinski definition) is 1. The van der Waals surface area contributed by atoms with Gasteiger partial charge in [0, 0.05) is 32.8 Å². The van der Waals surface area contributed by atoms with E-state index in [9.17, 15) is 4.79 Å². The van der Waals surface area contributed by atoms with Gasteiger partial charge >= 0.3 is 0 Å². The summed E-state index contributed by atoms with van der Waals surface area (Å²) in [6.07, 6.45) is 0.812. The number of carbonyl (C=O) groups excluding carboxylic acids is 1. The molecule has 0 saturated carbocycles. The van der Waals surface area contributed by atoms with Crippen molar-refractivity contribution in [3.05, 3.63) is 73.3 Å². The molecule has 0 aliphatic heterocycles. The Hall–Kier alpha value is -2.00. The lowest BCUT2D eigenvalue weighted by Gasteiger charge is -2.09. The minimum Gasteiger partial charge on any atom is -0.352 e. The fourth-order valence-electron chi connectivity index (χ4n) is 2.93. The summed E-state index contributed by atoms with van der Waals surface area (Å²) in [5.74, 6) is 0.738. The van der Waals surface area contributed by atoms with Crippen LogP contribution in [0.2, 0.25) is 0 Å². The van der Waals surface area contributed by atoms with Gasteiger partial charge in [-0.15, -0.1) is 45.8 Å². The number of rotatable bonds is 8. The van der Waals surface area contributed by atoms with E-state index in [1.54, 1.807) is 45.8 Å². The lowest BCUT2D eigenvalue weighted by molar-refractivity contribution is 0.0951. The van der Waals surface area contributed by atoms with Gasteiger partial charge in [0.2, 0.25) is 0 Å². The second kappa shape index (κ2) is 9.87. The van der Waals surface area contributed by atoms with Crippen LogP contribution in [0.1, 0.15) is 30.9 Å². The number of thioether (sulfide) groups is 1. The first-order valence-electron chi connectivity index (χ1n) is 9.51. The number of aryl methyl sites for hydroxylation is 2. The standard InChI is InChI=1S/C22H21N3OS4/c1-14-24-16(11-27-14)12-29-20-6-4-3-5-18(20)22(26)23-10-9-17-7-8-21(30-17)19-13-28-15(2)25-19/h3-8,11,13H,9-10,12H2,1-2H3,(H,23,26). The quantitative estimate of drug-likeness (QED) is 0.310. The van der Waals surface area contributed by atoms with Crippen molar-refractivity contribution >= 4 is 51.7 Å². The number of carbonyl (C=O) groups is 1. The van der Waals surface area contributed by atoms with Crippen LogP contribution in [0.4, 0.5) is 0 Å². The Labute approximate surface area is 192 Å². The van der Waals surface area contributed by atoms with Crippen LogP contribution in [0.25, 0.3) is 10.6 Å². The number of nitrogens with zero attached hydrogens (tertiary/aromatic N) is 2. The Morgan fingerprint density at radius 3 is 2.60 bits per heavy atom. The molecule has 4 aromatic rings. The summed E-state index contributed by atoms with van der Waals surface area (Å²) in [5.41, 5.74) is 2.82. The van der Waals surface area contributed by atoms with Gasteiger partial charge in [-0.1, -0.05) is 12.1 Å². The third-order valence-corrected chi connectivity index (χ3v) is 8.23. The van der Waals surface area contributed by atoms with Crippen LogP contribution in [-0.4, -0.2) is 22.4 Å². The molecule has 154 valence electrons. The summed E-state index contributed by atoms with van der Waals surface area (Å²) >= 11 is 6.71. The average molecular weight is 472 g/mol. The Morgan fingerprint density at radius 2 is 1.83 bits per heavy atom. The summed E-state index contributed by atoms with van der Waals surface area (Å²) < 4.78 is 0. The molecule has 1 amide bonds. The largest absolute Gasteiger partial charge is 0.352 e.